The third-order valence-electron chi connectivity index (χ3n) is 2.60. The van der Waals surface area contributed by atoms with Crippen LogP contribution < -0.4 is 4.74 Å². The summed E-state index contributed by atoms with van der Waals surface area (Å²) in [6.07, 6.45) is 0. The molecular weight excluding hydrogens is 293 g/mol. The molecule has 2 aromatic rings. The Kier molecular flexibility index (Phi) is 4.61. The standard InChI is InChI=1S/C14H10Cl2F2O/c15-7-11-12(16)2-1-3-14(11)19-8-9-6-10(17)4-5-13(9)18/h1-6H,7-8H2. The quantitative estimate of drug-likeness (QED) is 0.727. The topological polar surface area (TPSA) is 9.23 Å². The van der Waals surface area contributed by atoms with Crippen LogP contribution in [0.2, 0.25) is 5.02 Å². The maximum Gasteiger partial charge on any atom is 0.130 e. The molecule has 0 saturated heterocycles. The first-order valence-electron chi connectivity index (χ1n) is 5.52. The van der Waals surface area contributed by atoms with E-state index in [1.807, 2.05) is 0 Å². The van der Waals surface area contributed by atoms with Crippen LogP contribution >= 0.6 is 23.2 Å². The van der Waals surface area contributed by atoms with Gasteiger partial charge in [-0.05, 0) is 30.3 Å². The lowest BCUT2D eigenvalue weighted by molar-refractivity contribution is 0.297. The van der Waals surface area contributed by atoms with Crippen LogP contribution in [0.3, 0.4) is 0 Å². The molecule has 2 aromatic carbocycles. The Balaban J connectivity index is 2.19. The molecule has 100 valence electrons. The number of alkyl halides is 1. The predicted octanol–water partition coefficient (Wildman–Crippen LogP) is 4.94. The number of rotatable bonds is 4. The normalized spacial score (nSPS) is 10.5. The Hall–Kier alpha value is -1.32. The van der Waals surface area contributed by atoms with Crippen molar-refractivity contribution in [1.29, 1.82) is 0 Å². The third-order valence-corrected chi connectivity index (χ3v) is 3.22. The number of hydrogen-bond donors (Lipinski definition) is 0. The summed E-state index contributed by atoms with van der Waals surface area (Å²) in [5.41, 5.74) is 0.767. The summed E-state index contributed by atoms with van der Waals surface area (Å²) in [7, 11) is 0. The second-order valence-electron chi connectivity index (χ2n) is 3.87. The molecule has 19 heavy (non-hydrogen) atoms. The fourth-order valence-corrected chi connectivity index (χ4v) is 2.19. The molecule has 0 heterocycles. The molecule has 0 amide bonds. The van der Waals surface area contributed by atoms with Gasteiger partial charge in [-0.25, -0.2) is 8.78 Å². The molecule has 0 radical (unpaired) electrons. The van der Waals surface area contributed by atoms with E-state index in [4.69, 9.17) is 27.9 Å². The van der Waals surface area contributed by atoms with Crippen LogP contribution in [-0.4, -0.2) is 0 Å². The minimum absolute atomic E-state index is 0.0895. The number of benzene rings is 2. The van der Waals surface area contributed by atoms with Crippen LogP contribution in [0.4, 0.5) is 8.78 Å². The van der Waals surface area contributed by atoms with Gasteiger partial charge in [0.2, 0.25) is 0 Å². The maximum absolute atomic E-state index is 13.4. The van der Waals surface area contributed by atoms with Gasteiger partial charge in [0.1, 0.15) is 24.0 Å². The van der Waals surface area contributed by atoms with Crippen LogP contribution in [0.5, 0.6) is 5.75 Å². The van der Waals surface area contributed by atoms with Gasteiger partial charge in [-0.15, -0.1) is 11.6 Å². The van der Waals surface area contributed by atoms with E-state index in [1.54, 1.807) is 18.2 Å². The summed E-state index contributed by atoms with van der Waals surface area (Å²) in [6.45, 7) is -0.0895. The third kappa shape index (κ3) is 3.37. The summed E-state index contributed by atoms with van der Waals surface area (Å²) in [5, 5.41) is 0.479. The molecule has 0 saturated carbocycles. The number of ether oxygens (including phenoxy) is 1. The molecule has 0 aliphatic heterocycles. The van der Waals surface area contributed by atoms with Crippen molar-refractivity contribution >= 4 is 23.2 Å². The summed E-state index contributed by atoms with van der Waals surface area (Å²) < 4.78 is 31.9. The molecule has 2 rings (SSSR count). The Morgan fingerprint density at radius 3 is 2.63 bits per heavy atom. The van der Waals surface area contributed by atoms with Gasteiger partial charge in [0.25, 0.3) is 0 Å². The molecule has 5 heteroatoms. The van der Waals surface area contributed by atoms with Crippen LogP contribution in [0, 0.1) is 11.6 Å². The van der Waals surface area contributed by atoms with Crippen LogP contribution in [0.25, 0.3) is 0 Å². The van der Waals surface area contributed by atoms with Crippen molar-refractivity contribution in [3.8, 4) is 5.75 Å². The van der Waals surface area contributed by atoms with Gasteiger partial charge < -0.3 is 4.74 Å². The van der Waals surface area contributed by atoms with Gasteiger partial charge in [-0.2, -0.15) is 0 Å². The molecule has 0 aromatic heterocycles. The van der Waals surface area contributed by atoms with Crippen LogP contribution in [0.15, 0.2) is 36.4 Å². The average molecular weight is 303 g/mol. The Labute approximate surface area is 119 Å². The van der Waals surface area contributed by atoms with E-state index in [9.17, 15) is 8.78 Å². The molecule has 0 N–H and O–H groups in total. The van der Waals surface area contributed by atoms with Crippen molar-refractivity contribution in [2.75, 3.05) is 0 Å². The van der Waals surface area contributed by atoms with E-state index in [0.29, 0.717) is 16.3 Å². The molecule has 0 atom stereocenters. The minimum atomic E-state index is -0.518. The summed E-state index contributed by atoms with van der Waals surface area (Å²) in [6, 6.07) is 8.29. The summed E-state index contributed by atoms with van der Waals surface area (Å²) >= 11 is 11.7. The largest absolute Gasteiger partial charge is 0.488 e. The zero-order valence-electron chi connectivity index (χ0n) is 9.80. The van der Waals surface area contributed by atoms with Crippen molar-refractivity contribution in [3.63, 3.8) is 0 Å². The summed E-state index contributed by atoms with van der Waals surface area (Å²) in [5.74, 6) is -0.383. The highest BCUT2D eigenvalue weighted by Crippen LogP contribution is 2.28. The van der Waals surface area contributed by atoms with Crippen molar-refractivity contribution in [2.24, 2.45) is 0 Å². The summed E-state index contributed by atoms with van der Waals surface area (Å²) in [4.78, 5) is 0. The lowest BCUT2D eigenvalue weighted by atomic mass is 10.2. The molecule has 1 nitrogen and oxygen atoms in total. The smallest absolute Gasteiger partial charge is 0.130 e. The maximum atomic E-state index is 13.4. The first kappa shape index (κ1) is 14.1. The van der Waals surface area contributed by atoms with Crippen molar-refractivity contribution in [3.05, 3.63) is 64.2 Å². The van der Waals surface area contributed by atoms with E-state index in [0.717, 1.165) is 18.2 Å². The highest BCUT2D eigenvalue weighted by atomic mass is 35.5. The first-order valence-corrected chi connectivity index (χ1v) is 6.43. The fourth-order valence-electron chi connectivity index (χ4n) is 1.61. The van der Waals surface area contributed by atoms with Crippen LogP contribution in [-0.2, 0) is 12.5 Å². The van der Waals surface area contributed by atoms with Gasteiger partial charge >= 0.3 is 0 Å². The molecule has 0 aliphatic rings. The van der Waals surface area contributed by atoms with E-state index >= 15 is 0 Å². The lowest BCUT2D eigenvalue weighted by Gasteiger charge is -2.11. The van der Waals surface area contributed by atoms with Crippen molar-refractivity contribution in [1.82, 2.24) is 0 Å². The Morgan fingerprint density at radius 2 is 1.89 bits per heavy atom. The monoisotopic (exact) mass is 302 g/mol. The number of hydrogen-bond acceptors (Lipinski definition) is 1. The molecule has 0 unspecified atom stereocenters. The predicted molar refractivity (Wildman–Crippen MR) is 71.7 cm³/mol. The number of halogens is 4. The van der Waals surface area contributed by atoms with Crippen molar-refractivity contribution < 1.29 is 13.5 Å². The van der Waals surface area contributed by atoms with Crippen LogP contribution in [0.1, 0.15) is 11.1 Å². The molecular formula is C14H10Cl2F2O. The average Bonchev–Trinajstić information content (AvgIpc) is 2.40. The van der Waals surface area contributed by atoms with E-state index < -0.39 is 11.6 Å². The van der Waals surface area contributed by atoms with E-state index in [2.05, 4.69) is 0 Å². The molecule has 0 bridgehead atoms. The Bertz CT molecular complexity index is 588. The zero-order chi connectivity index (χ0) is 13.8. The zero-order valence-corrected chi connectivity index (χ0v) is 11.3. The SMILES string of the molecule is Fc1ccc(F)c(COc2cccc(Cl)c2CCl)c1. The highest BCUT2D eigenvalue weighted by Gasteiger charge is 2.09. The van der Waals surface area contributed by atoms with E-state index in [1.165, 1.54) is 0 Å². The molecule has 0 fully saturated rings. The van der Waals surface area contributed by atoms with Gasteiger partial charge in [0.15, 0.2) is 0 Å². The van der Waals surface area contributed by atoms with Gasteiger partial charge in [0, 0.05) is 16.1 Å². The second kappa shape index (κ2) is 6.22. The van der Waals surface area contributed by atoms with E-state index in [-0.39, 0.29) is 18.1 Å². The van der Waals surface area contributed by atoms with Gasteiger partial charge in [-0.3, -0.25) is 0 Å². The van der Waals surface area contributed by atoms with Gasteiger partial charge in [-0.1, -0.05) is 17.7 Å². The van der Waals surface area contributed by atoms with Crippen molar-refractivity contribution in [2.45, 2.75) is 12.5 Å². The molecule has 0 aliphatic carbocycles. The lowest BCUT2D eigenvalue weighted by Crippen LogP contribution is -2.01. The highest BCUT2D eigenvalue weighted by molar-refractivity contribution is 6.32. The molecule has 0 spiro atoms. The fraction of sp³-hybridized carbons (Fsp3) is 0.143. The second-order valence-corrected chi connectivity index (χ2v) is 4.55. The first-order chi connectivity index (χ1) is 9.11. The Morgan fingerprint density at radius 1 is 1.11 bits per heavy atom. The van der Waals surface area contributed by atoms with Gasteiger partial charge in [0.05, 0.1) is 5.88 Å². The minimum Gasteiger partial charge on any atom is -0.488 e.